The molecule has 1 unspecified atom stereocenters. The zero-order valence-electron chi connectivity index (χ0n) is 10.7. The topological polar surface area (TPSA) is 26.3 Å². The van der Waals surface area contributed by atoms with Crippen LogP contribution >= 0.6 is 0 Å². The fraction of sp³-hybridized carbons (Fsp3) is 0.769. The molecule has 0 aliphatic carbocycles. The van der Waals surface area contributed by atoms with Crippen molar-refractivity contribution in [2.45, 2.75) is 60.0 Å². The van der Waals surface area contributed by atoms with Gasteiger partial charge in [0.1, 0.15) is 6.10 Å². The van der Waals surface area contributed by atoms with Crippen molar-refractivity contribution in [1.29, 1.82) is 0 Å². The van der Waals surface area contributed by atoms with Crippen molar-refractivity contribution in [3.63, 3.8) is 0 Å². The summed E-state index contributed by atoms with van der Waals surface area (Å²) in [4.78, 5) is 11.5. The van der Waals surface area contributed by atoms with E-state index >= 15 is 0 Å². The lowest BCUT2D eigenvalue weighted by molar-refractivity contribution is -0.155. The lowest BCUT2D eigenvalue weighted by atomic mass is 9.97. The van der Waals surface area contributed by atoms with E-state index in [1.54, 1.807) is 0 Å². The third kappa shape index (κ3) is 7.18. The summed E-state index contributed by atoms with van der Waals surface area (Å²) in [5.74, 6) is -0.143. The number of hydrogen-bond donors (Lipinski definition) is 0. The third-order valence-electron chi connectivity index (χ3n) is 2.04. The molecule has 0 radical (unpaired) electrons. The van der Waals surface area contributed by atoms with Crippen LogP contribution in [0, 0.1) is 5.41 Å². The van der Waals surface area contributed by atoms with Crippen molar-refractivity contribution in [3.05, 3.63) is 12.2 Å². The first-order chi connectivity index (χ1) is 6.88. The lowest BCUT2D eigenvalue weighted by Gasteiger charge is -2.19. The summed E-state index contributed by atoms with van der Waals surface area (Å²) in [7, 11) is 0. The Morgan fingerprint density at radius 1 is 1.40 bits per heavy atom. The summed E-state index contributed by atoms with van der Waals surface area (Å²) >= 11 is 0. The summed E-state index contributed by atoms with van der Waals surface area (Å²) < 4.78 is 5.27. The Morgan fingerprint density at radius 2 is 2.00 bits per heavy atom. The van der Waals surface area contributed by atoms with E-state index in [2.05, 4.69) is 13.0 Å². The summed E-state index contributed by atoms with van der Waals surface area (Å²) in [6.07, 6.45) is 7.38. The van der Waals surface area contributed by atoms with Gasteiger partial charge in [-0.3, -0.25) is 4.79 Å². The molecule has 2 heteroatoms. The summed E-state index contributed by atoms with van der Waals surface area (Å²) in [6.45, 7) is 9.65. The van der Waals surface area contributed by atoms with Crippen LogP contribution in [0.2, 0.25) is 0 Å². The molecule has 0 spiro atoms. The van der Waals surface area contributed by atoms with Gasteiger partial charge in [-0.1, -0.05) is 25.8 Å². The van der Waals surface area contributed by atoms with Crippen LogP contribution < -0.4 is 0 Å². The number of unbranched alkanes of at least 4 members (excludes halogenated alkanes) is 2. The summed E-state index contributed by atoms with van der Waals surface area (Å²) in [6, 6.07) is 0. The fourth-order valence-corrected chi connectivity index (χ4v) is 0.995. The van der Waals surface area contributed by atoms with Crippen LogP contribution in [0.25, 0.3) is 0 Å². The highest BCUT2D eigenvalue weighted by Crippen LogP contribution is 2.16. The molecule has 0 saturated carbocycles. The van der Waals surface area contributed by atoms with Gasteiger partial charge in [0.15, 0.2) is 0 Å². The molecule has 0 rings (SSSR count). The minimum atomic E-state index is -0.411. The minimum absolute atomic E-state index is 0.117. The van der Waals surface area contributed by atoms with Gasteiger partial charge in [0.05, 0.1) is 5.41 Å². The van der Waals surface area contributed by atoms with E-state index in [1.807, 2.05) is 33.8 Å². The number of esters is 1. The average Bonchev–Trinajstić information content (AvgIpc) is 2.11. The van der Waals surface area contributed by atoms with E-state index in [9.17, 15) is 4.79 Å². The normalized spacial score (nSPS) is 14.2. The molecular weight excluding hydrogens is 188 g/mol. The van der Waals surface area contributed by atoms with Gasteiger partial charge in [0.25, 0.3) is 0 Å². The maximum absolute atomic E-state index is 11.5. The molecule has 2 nitrogen and oxygen atoms in total. The second kappa shape index (κ2) is 6.65. The zero-order chi connectivity index (χ0) is 11.9. The van der Waals surface area contributed by atoms with Crippen molar-refractivity contribution in [2.24, 2.45) is 5.41 Å². The first-order valence-corrected chi connectivity index (χ1v) is 5.75. The Kier molecular flexibility index (Phi) is 6.30. The molecule has 0 amide bonds. The number of rotatable bonds is 5. The van der Waals surface area contributed by atoms with Gasteiger partial charge >= 0.3 is 5.97 Å². The van der Waals surface area contributed by atoms with Gasteiger partial charge in [-0.15, -0.1) is 0 Å². The SMILES string of the molecule is CCCC/C=C/C(C)OC(=O)C(C)(C)C. The van der Waals surface area contributed by atoms with E-state index in [0.29, 0.717) is 0 Å². The maximum Gasteiger partial charge on any atom is 0.311 e. The Balaban J connectivity index is 3.88. The van der Waals surface area contributed by atoms with Crippen LogP contribution in [-0.2, 0) is 9.53 Å². The van der Waals surface area contributed by atoms with Crippen molar-refractivity contribution in [2.75, 3.05) is 0 Å². The fourth-order valence-electron chi connectivity index (χ4n) is 0.995. The predicted octanol–water partition coefficient (Wildman–Crippen LogP) is 3.71. The highest BCUT2D eigenvalue weighted by Gasteiger charge is 2.24. The van der Waals surface area contributed by atoms with Crippen LogP contribution in [0.1, 0.15) is 53.9 Å². The van der Waals surface area contributed by atoms with E-state index in [4.69, 9.17) is 4.74 Å². The molecule has 88 valence electrons. The van der Waals surface area contributed by atoms with Gasteiger partial charge < -0.3 is 4.74 Å². The molecule has 1 atom stereocenters. The maximum atomic E-state index is 11.5. The largest absolute Gasteiger partial charge is 0.458 e. The number of carbonyl (C=O) groups is 1. The van der Waals surface area contributed by atoms with Crippen molar-refractivity contribution in [1.82, 2.24) is 0 Å². The lowest BCUT2D eigenvalue weighted by Crippen LogP contribution is -2.26. The van der Waals surface area contributed by atoms with E-state index in [-0.39, 0.29) is 12.1 Å². The van der Waals surface area contributed by atoms with Gasteiger partial charge in [-0.25, -0.2) is 0 Å². The molecule has 15 heavy (non-hydrogen) atoms. The third-order valence-corrected chi connectivity index (χ3v) is 2.04. The number of hydrogen-bond acceptors (Lipinski definition) is 2. The van der Waals surface area contributed by atoms with E-state index in [0.717, 1.165) is 6.42 Å². The molecule has 0 aromatic carbocycles. The molecule has 0 aliphatic heterocycles. The smallest absolute Gasteiger partial charge is 0.311 e. The molecule has 0 saturated heterocycles. The highest BCUT2D eigenvalue weighted by molar-refractivity contribution is 5.75. The van der Waals surface area contributed by atoms with Gasteiger partial charge in [0, 0.05) is 0 Å². The molecular formula is C13H24O2. The predicted molar refractivity (Wildman–Crippen MR) is 63.7 cm³/mol. The molecule has 0 aromatic rings. The van der Waals surface area contributed by atoms with Gasteiger partial charge in [0.2, 0.25) is 0 Å². The average molecular weight is 212 g/mol. The Hall–Kier alpha value is -0.790. The molecule has 0 aromatic heterocycles. The Labute approximate surface area is 93.7 Å². The monoisotopic (exact) mass is 212 g/mol. The number of carbonyl (C=O) groups excluding carboxylic acids is 1. The standard InChI is InChI=1S/C13H24O2/c1-6-7-8-9-10-11(2)15-12(14)13(3,4)5/h9-11H,6-8H2,1-5H3/b10-9+. The molecule has 0 heterocycles. The number of ether oxygens (including phenoxy) is 1. The minimum Gasteiger partial charge on any atom is -0.458 e. The quantitative estimate of drug-likeness (QED) is 0.394. The Bertz CT molecular complexity index is 211. The van der Waals surface area contributed by atoms with Crippen molar-refractivity contribution >= 4 is 5.97 Å². The first-order valence-electron chi connectivity index (χ1n) is 5.75. The van der Waals surface area contributed by atoms with Crippen molar-refractivity contribution < 1.29 is 9.53 Å². The first kappa shape index (κ1) is 14.2. The molecule has 0 N–H and O–H groups in total. The molecule has 0 fully saturated rings. The van der Waals surface area contributed by atoms with Crippen LogP contribution in [0.3, 0.4) is 0 Å². The van der Waals surface area contributed by atoms with Crippen LogP contribution in [0.5, 0.6) is 0 Å². The highest BCUT2D eigenvalue weighted by atomic mass is 16.5. The molecule has 0 bridgehead atoms. The Morgan fingerprint density at radius 3 is 2.47 bits per heavy atom. The van der Waals surface area contributed by atoms with Crippen molar-refractivity contribution in [3.8, 4) is 0 Å². The number of allylic oxidation sites excluding steroid dienone is 1. The van der Waals surface area contributed by atoms with E-state index < -0.39 is 5.41 Å². The van der Waals surface area contributed by atoms with Crippen LogP contribution in [-0.4, -0.2) is 12.1 Å². The van der Waals surface area contributed by atoms with Gasteiger partial charge in [-0.2, -0.15) is 0 Å². The van der Waals surface area contributed by atoms with Crippen LogP contribution in [0.15, 0.2) is 12.2 Å². The van der Waals surface area contributed by atoms with Gasteiger partial charge in [-0.05, 0) is 40.2 Å². The molecule has 0 aliphatic rings. The van der Waals surface area contributed by atoms with E-state index in [1.165, 1.54) is 12.8 Å². The summed E-state index contributed by atoms with van der Waals surface area (Å²) in [5.41, 5.74) is -0.411. The van der Waals surface area contributed by atoms with Crippen LogP contribution in [0.4, 0.5) is 0 Å². The second-order valence-electron chi connectivity index (χ2n) is 4.93. The summed E-state index contributed by atoms with van der Waals surface area (Å²) in [5, 5.41) is 0. The zero-order valence-corrected chi connectivity index (χ0v) is 10.7. The second-order valence-corrected chi connectivity index (χ2v) is 4.93.